The summed E-state index contributed by atoms with van der Waals surface area (Å²) in [4.78, 5) is 25.5. The maximum Gasteiger partial charge on any atom is 0.573 e. The molecule has 0 fully saturated rings. The first-order valence-electron chi connectivity index (χ1n) is 7.48. The molecule has 0 unspecified atom stereocenters. The average Bonchev–Trinajstić information content (AvgIpc) is 2.91. The average molecular weight is 385 g/mol. The Morgan fingerprint density at radius 1 is 1.44 bits per heavy atom. The largest absolute Gasteiger partial charge is 0.573 e. The maximum absolute atomic E-state index is 12.6. The Balaban J connectivity index is 2.44. The van der Waals surface area contributed by atoms with Crippen molar-refractivity contribution in [3.05, 3.63) is 35.0 Å². The lowest BCUT2D eigenvalue weighted by Gasteiger charge is -2.17. The van der Waals surface area contributed by atoms with Crippen LogP contribution in [-0.4, -0.2) is 55.1 Å². The number of nitrogens with one attached hydrogen (secondary N) is 1. The number of nitriles is 1. The van der Waals surface area contributed by atoms with Gasteiger partial charge >= 0.3 is 12.3 Å². The molecule has 1 aromatic rings. The van der Waals surface area contributed by atoms with Crippen LogP contribution >= 0.6 is 0 Å². The van der Waals surface area contributed by atoms with Gasteiger partial charge in [0.25, 0.3) is 5.91 Å². The van der Waals surface area contributed by atoms with E-state index in [-0.39, 0.29) is 42.2 Å². The summed E-state index contributed by atoms with van der Waals surface area (Å²) >= 11 is 0. The third-order valence-electron chi connectivity index (χ3n) is 3.55. The van der Waals surface area contributed by atoms with Crippen LogP contribution in [0.1, 0.15) is 5.56 Å². The second kappa shape index (κ2) is 7.96. The van der Waals surface area contributed by atoms with Crippen LogP contribution in [0.15, 0.2) is 29.5 Å². The number of benzene rings is 1. The summed E-state index contributed by atoms with van der Waals surface area (Å²) in [6, 6.07) is 4.86. The van der Waals surface area contributed by atoms with Crippen molar-refractivity contribution in [1.82, 2.24) is 4.90 Å². The Morgan fingerprint density at radius 3 is 2.70 bits per heavy atom. The number of halogens is 3. The first-order chi connectivity index (χ1) is 12.7. The molecule has 0 bridgehead atoms. The minimum Gasteiger partial charge on any atom is -0.466 e. The number of amides is 1. The minimum absolute atomic E-state index is 0.0796. The van der Waals surface area contributed by atoms with Gasteiger partial charge in [-0.3, -0.25) is 4.79 Å². The lowest BCUT2D eigenvalue weighted by Crippen LogP contribution is -2.31. The van der Waals surface area contributed by atoms with Gasteiger partial charge in [-0.05, 0) is 12.1 Å². The quantitative estimate of drug-likeness (QED) is 0.706. The van der Waals surface area contributed by atoms with Crippen LogP contribution in [0.2, 0.25) is 0 Å². The molecule has 1 aromatic carbocycles. The van der Waals surface area contributed by atoms with E-state index in [0.717, 1.165) is 24.1 Å². The molecule has 0 radical (unpaired) electrons. The summed E-state index contributed by atoms with van der Waals surface area (Å²) < 4.78 is 46.4. The fourth-order valence-electron chi connectivity index (χ4n) is 2.39. The molecule has 2 rings (SSSR count). The molecule has 1 amide bonds. The highest BCUT2D eigenvalue weighted by molar-refractivity contribution is 6.08. The zero-order valence-electron chi connectivity index (χ0n) is 14.0. The number of carbonyl (C=O) groups is 2. The molecule has 1 aliphatic rings. The molecular weight excluding hydrogens is 371 g/mol. The third-order valence-corrected chi connectivity index (χ3v) is 3.55. The standard InChI is InChI=1S/C16H14F3N3O5/c1-26-15(25)10-8-22(4-5-23)14(24)13(10)21-11-3-2-9(7-20)6-12(11)27-16(17,18)19/h2-3,6,21,23H,4-5,8H2,1H3. The number of β-amino-alcohol motifs (C(OH)–C–C–N with tert-alkyl or cyclic N) is 1. The van der Waals surface area contributed by atoms with E-state index in [4.69, 9.17) is 10.4 Å². The number of anilines is 1. The second-order valence-electron chi connectivity index (χ2n) is 5.29. The van der Waals surface area contributed by atoms with E-state index in [1.165, 1.54) is 6.07 Å². The minimum atomic E-state index is -5.04. The Hall–Kier alpha value is -3.26. The van der Waals surface area contributed by atoms with Gasteiger partial charge in [0.15, 0.2) is 5.75 Å². The van der Waals surface area contributed by atoms with Crippen LogP contribution in [0.4, 0.5) is 18.9 Å². The number of hydrogen-bond acceptors (Lipinski definition) is 7. The van der Waals surface area contributed by atoms with E-state index in [9.17, 15) is 22.8 Å². The number of rotatable bonds is 6. The lowest BCUT2D eigenvalue weighted by atomic mass is 10.2. The van der Waals surface area contributed by atoms with E-state index in [1.54, 1.807) is 6.07 Å². The molecule has 8 nitrogen and oxygen atoms in total. The Labute approximate surface area is 151 Å². The second-order valence-corrected chi connectivity index (χ2v) is 5.29. The maximum atomic E-state index is 12.6. The van der Waals surface area contributed by atoms with Gasteiger partial charge in [0.05, 0.1) is 43.2 Å². The fourth-order valence-corrected chi connectivity index (χ4v) is 2.39. The summed E-state index contributed by atoms with van der Waals surface area (Å²) in [5.41, 5.74) is -0.783. The zero-order valence-corrected chi connectivity index (χ0v) is 14.0. The highest BCUT2D eigenvalue weighted by atomic mass is 19.4. The summed E-state index contributed by atoms with van der Waals surface area (Å²) in [5.74, 6) is -2.29. The summed E-state index contributed by atoms with van der Waals surface area (Å²) in [5, 5.41) is 20.3. The smallest absolute Gasteiger partial charge is 0.466 e. The highest BCUT2D eigenvalue weighted by Crippen LogP contribution is 2.33. The molecule has 0 saturated carbocycles. The topological polar surface area (TPSA) is 112 Å². The van der Waals surface area contributed by atoms with Crippen molar-refractivity contribution in [2.75, 3.05) is 32.1 Å². The van der Waals surface area contributed by atoms with Crippen molar-refractivity contribution < 1.29 is 37.3 Å². The number of aliphatic hydroxyl groups is 1. The number of alkyl halides is 3. The van der Waals surface area contributed by atoms with Gasteiger partial charge in [-0.2, -0.15) is 5.26 Å². The van der Waals surface area contributed by atoms with Crippen molar-refractivity contribution in [2.45, 2.75) is 6.36 Å². The molecule has 0 aromatic heterocycles. The molecule has 11 heteroatoms. The van der Waals surface area contributed by atoms with Gasteiger partial charge < -0.3 is 24.8 Å². The lowest BCUT2D eigenvalue weighted by molar-refractivity contribution is -0.274. The molecule has 1 aliphatic heterocycles. The zero-order chi connectivity index (χ0) is 20.2. The van der Waals surface area contributed by atoms with Gasteiger partial charge in [-0.1, -0.05) is 0 Å². The van der Waals surface area contributed by atoms with Crippen molar-refractivity contribution in [3.63, 3.8) is 0 Å². The third kappa shape index (κ3) is 4.68. The normalized spacial score (nSPS) is 14.2. The number of hydrogen-bond donors (Lipinski definition) is 2. The number of ether oxygens (including phenoxy) is 2. The van der Waals surface area contributed by atoms with Crippen molar-refractivity contribution >= 4 is 17.6 Å². The predicted octanol–water partition coefficient (Wildman–Crippen LogP) is 1.13. The van der Waals surface area contributed by atoms with Crippen molar-refractivity contribution in [2.24, 2.45) is 0 Å². The van der Waals surface area contributed by atoms with E-state index in [2.05, 4.69) is 14.8 Å². The first-order valence-corrected chi connectivity index (χ1v) is 7.48. The molecule has 144 valence electrons. The van der Waals surface area contributed by atoms with Crippen LogP contribution in [0.5, 0.6) is 5.75 Å². The van der Waals surface area contributed by atoms with E-state index in [0.29, 0.717) is 0 Å². The monoisotopic (exact) mass is 385 g/mol. The van der Waals surface area contributed by atoms with E-state index < -0.39 is 24.0 Å². The predicted molar refractivity (Wildman–Crippen MR) is 84.2 cm³/mol. The first kappa shape index (κ1) is 20.1. The van der Waals surface area contributed by atoms with Crippen LogP contribution in [0, 0.1) is 11.3 Å². The van der Waals surface area contributed by atoms with E-state index in [1.807, 2.05) is 0 Å². The van der Waals surface area contributed by atoms with Crippen LogP contribution in [-0.2, 0) is 14.3 Å². The number of nitrogens with zero attached hydrogens (tertiary/aromatic N) is 2. The van der Waals surface area contributed by atoms with Gasteiger partial charge in [-0.15, -0.1) is 13.2 Å². The number of esters is 1. The van der Waals surface area contributed by atoms with Crippen molar-refractivity contribution in [1.29, 1.82) is 5.26 Å². The number of carbonyl (C=O) groups excluding carboxylic acids is 2. The van der Waals surface area contributed by atoms with Gasteiger partial charge in [0.1, 0.15) is 5.70 Å². The van der Waals surface area contributed by atoms with Crippen LogP contribution in [0.3, 0.4) is 0 Å². The Bertz CT molecular complexity index is 830. The molecule has 0 aliphatic carbocycles. The molecule has 0 atom stereocenters. The van der Waals surface area contributed by atoms with Crippen LogP contribution < -0.4 is 10.1 Å². The van der Waals surface area contributed by atoms with Gasteiger partial charge in [0.2, 0.25) is 0 Å². The summed E-state index contributed by atoms with van der Waals surface area (Å²) in [7, 11) is 1.09. The Morgan fingerprint density at radius 2 is 2.15 bits per heavy atom. The summed E-state index contributed by atoms with van der Waals surface area (Å²) in [6.07, 6.45) is -5.04. The molecule has 27 heavy (non-hydrogen) atoms. The molecule has 1 heterocycles. The van der Waals surface area contributed by atoms with Crippen molar-refractivity contribution in [3.8, 4) is 11.8 Å². The molecular formula is C16H14F3N3O5. The molecule has 0 spiro atoms. The number of methoxy groups -OCH3 is 1. The SMILES string of the molecule is COC(=O)C1=C(Nc2ccc(C#N)cc2OC(F)(F)F)C(=O)N(CCO)C1. The van der Waals surface area contributed by atoms with Crippen LogP contribution in [0.25, 0.3) is 0 Å². The molecule has 2 N–H and O–H groups in total. The summed E-state index contributed by atoms with van der Waals surface area (Å²) in [6.45, 7) is -0.628. The van der Waals surface area contributed by atoms with Gasteiger partial charge in [0, 0.05) is 12.6 Å². The Kier molecular flexibility index (Phi) is 5.91. The van der Waals surface area contributed by atoms with Gasteiger partial charge in [-0.25, -0.2) is 4.79 Å². The molecule has 0 saturated heterocycles. The number of aliphatic hydroxyl groups excluding tert-OH is 1. The highest BCUT2D eigenvalue weighted by Gasteiger charge is 2.36. The van der Waals surface area contributed by atoms with E-state index >= 15 is 0 Å². The fraction of sp³-hybridized carbons (Fsp3) is 0.312.